The van der Waals surface area contributed by atoms with E-state index in [1.807, 2.05) is 43.5 Å². The third-order valence-electron chi connectivity index (χ3n) is 5.71. The molecule has 0 radical (unpaired) electrons. The van der Waals surface area contributed by atoms with Crippen LogP contribution in [-0.2, 0) is 13.1 Å². The average molecular weight is 493 g/mol. The molecule has 184 valence electrons. The van der Waals surface area contributed by atoms with Crippen molar-refractivity contribution in [2.45, 2.75) is 32.3 Å². The van der Waals surface area contributed by atoms with Crippen LogP contribution in [0.2, 0.25) is 0 Å². The Bertz CT molecular complexity index is 1510. The van der Waals surface area contributed by atoms with Crippen LogP contribution in [0.5, 0.6) is 0 Å². The molecule has 0 fully saturated rings. The number of aromatic nitrogens is 6. The third kappa shape index (κ3) is 4.83. The van der Waals surface area contributed by atoms with E-state index < -0.39 is 12.3 Å². The standard InChI is InChI=1S/C25H22F3N7O/c1-15-5-4-8-19(32-15)23-22(17-9-10-21-30-14-31-35(21)13-17)33-20(34-23)12-29-11-16-6-2-3-7-18(16)24(36)25(26,27)28/h2-10,13-14,24,29,36H,11-12H2,1H3,(H,33,34). The molecule has 11 heteroatoms. The molecule has 4 aromatic heterocycles. The number of benzene rings is 1. The van der Waals surface area contributed by atoms with Crippen LogP contribution < -0.4 is 5.32 Å². The van der Waals surface area contributed by atoms with Crippen LogP contribution in [0.3, 0.4) is 0 Å². The molecule has 0 spiro atoms. The quantitative estimate of drug-likeness (QED) is 0.311. The number of halogens is 3. The summed E-state index contributed by atoms with van der Waals surface area (Å²) in [4.78, 5) is 16.8. The number of fused-ring (bicyclic) bond motifs is 1. The molecule has 4 heterocycles. The molecule has 8 nitrogen and oxygen atoms in total. The van der Waals surface area contributed by atoms with Crippen molar-refractivity contribution in [1.29, 1.82) is 0 Å². The maximum atomic E-state index is 13.1. The van der Waals surface area contributed by atoms with Crippen molar-refractivity contribution in [2.75, 3.05) is 0 Å². The van der Waals surface area contributed by atoms with Crippen molar-refractivity contribution in [3.8, 4) is 22.6 Å². The number of pyridine rings is 2. The Balaban J connectivity index is 1.43. The first kappa shape index (κ1) is 23.6. The summed E-state index contributed by atoms with van der Waals surface area (Å²) in [5, 5.41) is 17.1. The maximum absolute atomic E-state index is 13.1. The van der Waals surface area contributed by atoms with E-state index in [9.17, 15) is 18.3 Å². The van der Waals surface area contributed by atoms with Gasteiger partial charge in [0.25, 0.3) is 0 Å². The molecular formula is C25H22F3N7O. The molecule has 1 aromatic carbocycles. The Labute approximate surface area is 203 Å². The third-order valence-corrected chi connectivity index (χ3v) is 5.71. The van der Waals surface area contributed by atoms with E-state index in [0.717, 1.165) is 11.3 Å². The number of hydrogen-bond donors (Lipinski definition) is 3. The zero-order valence-corrected chi connectivity index (χ0v) is 19.2. The fraction of sp³-hybridized carbons (Fsp3) is 0.200. The Morgan fingerprint density at radius 1 is 1.03 bits per heavy atom. The lowest BCUT2D eigenvalue weighted by molar-refractivity contribution is -0.207. The minimum Gasteiger partial charge on any atom is -0.379 e. The molecule has 0 saturated carbocycles. The summed E-state index contributed by atoms with van der Waals surface area (Å²) in [5.74, 6) is 0.579. The number of alkyl halides is 3. The lowest BCUT2D eigenvalue weighted by Gasteiger charge is -2.18. The number of rotatable bonds is 7. The lowest BCUT2D eigenvalue weighted by atomic mass is 10.0. The van der Waals surface area contributed by atoms with E-state index >= 15 is 0 Å². The van der Waals surface area contributed by atoms with Gasteiger partial charge in [-0.2, -0.15) is 18.3 Å². The van der Waals surface area contributed by atoms with Crippen LogP contribution in [0.15, 0.2) is 67.1 Å². The summed E-state index contributed by atoms with van der Waals surface area (Å²) in [6, 6.07) is 15.4. The number of hydrogen-bond acceptors (Lipinski definition) is 6. The van der Waals surface area contributed by atoms with Crippen LogP contribution in [0, 0.1) is 6.92 Å². The molecule has 1 unspecified atom stereocenters. The van der Waals surface area contributed by atoms with Crippen molar-refractivity contribution in [3.63, 3.8) is 0 Å². The number of imidazole rings is 1. The molecule has 0 saturated heterocycles. The van der Waals surface area contributed by atoms with Gasteiger partial charge in [-0.1, -0.05) is 30.3 Å². The summed E-state index contributed by atoms with van der Waals surface area (Å²) in [7, 11) is 0. The molecule has 0 aliphatic heterocycles. The van der Waals surface area contributed by atoms with Crippen LogP contribution >= 0.6 is 0 Å². The average Bonchev–Trinajstić information content (AvgIpc) is 3.50. The first-order chi connectivity index (χ1) is 17.3. The summed E-state index contributed by atoms with van der Waals surface area (Å²) >= 11 is 0. The largest absolute Gasteiger partial charge is 0.418 e. The molecule has 5 aromatic rings. The van der Waals surface area contributed by atoms with E-state index in [2.05, 4.69) is 25.4 Å². The van der Waals surface area contributed by atoms with E-state index in [0.29, 0.717) is 34.1 Å². The van der Waals surface area contributed by atoms with E-state index in [1.54, 1.807) is 16.6 Å². The van der Waals surface area contributed by atoms with Gasteiger partial charge in [0.05, 0.1) is 23.6 Å². The number of aliphatic hydroxyl groups is 1. The fourth-order valence-corrected chi connectivity index (χ4v) is 3.99. The highest BCUT2D eigenvalue weighted by Crippen LogP contribution is 2.34. The van der Waals surface area contributed by atoms with Gasteiger partial charge in [0.1, 0.15) is 12.2 Å². The topological polar surface area (TPSA) is 104 Å². The first-order valence-corrected chi connectivity index (χ1v) is 11.2. The lowest BCUT2D eigenvalue weighted by Crippen LogP contribution is -2.23. The van der Waals surface area contributed by atoms with Gasteiger partial charge in [-0.25, -0.2) is 14.5 Å². The minimum atomic E-state index is -4.74. The SMILES string of the molecule is Cc1cccc(-c2[nH]c(CNCc3ccccc3C(O)C(F)(F)F)nc2-c2ccc3ncnn3c2)n1. The molecule has 36 heavy (non-hydrogen) atoms. The molecule has 5 rings (SSSR count). The Hall–Kier alpha value is -4.09. The minimum absolute atomic E-state index is 0.113. The van der Waals surface area contributed by atoms with Crippen molar-refractivity contribution >= 4 is 5.65 Å². The number of nitrogens with one attached hydrogen (secondary N) is 2. The molecule has 0 bridgehead atoms. The highest BCUT2D eigenvalue weighted by molar-refractivity contribution is 5.77. The van der Waals surface area contributed by atoms with Crippen molar-refractivity contribution < 1.29 is 18.3 Å². The number of aliphatic hydroxyl groups excluding tert-OH is 1. The van der Waals surface area contributed by atoms with Crippen LogP contribution in [-0.4, -0.2) is 40.8 Å². The normalized spacial score (nSPS) is 12.8. The second kappa shape index (κ2) is 9.51. The highest BCUT2D eigenvalue weighted by Gasteiger charge is 2.40. The predicted octanol–water partition coefficient (Wildman–Crippen LogP) is 4.38. The van der Waals surface area contributed by atoms with Gasteiger partial charge in [-0.05, 0) is 42.3 Å². The summed E-state index contributed by atoms with van der Waals surface area (Å²) < 4.78 is 40.9. The zero-order chi connectivity index (χ0) is 25.3. The second-order valence-electron chi connectivity index (χ2n) is 8.30. The Morgan fingerprint density at radius 2 is 1.86 bits per heavy atom. The molecule has 0 amide bonds. The van der Waals surface area contributed by atoms with Crippen LogP contribution in [0.25, 0.3) is 28.3 Å². The van der Waals surface area contributed by atoms with Crippen molar-refractivity contribution in [3.05, 3.63) is 89.8 Å². The predicted molar refractivity (Wildman–Crippen MR) is 127 cm³/mol. The van der Waals surface area contributed by atoms with Crippen LogP contribution in [0.1, 0.15) is 28.7 Å². The first-order valence-electron chi connectivity index (χ1n) is 11.2. The monoisotopic (exact) mass is 493 g/mol. The Kier molecular flexibility index (Phi) is 6.25. The van der Waals surface area contributed by atoms with Gasteiger partial charge in [0.2, 0.25) is 0 Å². The smallest absolute Gasteiger partial charge is 0.379 e. The maximum Gasteiger partial charge on any atom is 0.418 e. The molecular weight excluding hydrogens is 471 g/mol. The van der Waals surface area contributed by atoms with Gasteiger partial charge < -0.3 is 15.4 Å². The number of aromatic amines is 1. The van der Waals surface area contributed by atoms with Gasteiger partial charge in [-0.15, -0.1) is 0 Å². The van der Waals surface area contributed by atoms with Gasteiger partial charge in [0.15, 0.2) is 11.8 Å². The highest BCUT2D eigenvalue weighted by atomic mass is 19.4. The number of H-pyrrole nitrogens is 1. The number of nitrogens with zero attached hydrogens (tertiary/aromatic N) is 5. The van der Waals surface area contributed by atoms with E-state index in [4.69, 9.17) is 4.98 Å². The second-order valence-corrected chi connectivity index (χ2v) is 8.30. The molecule has 0 aliphatic rings. The van der Waals surface area contributed by atoms with Gasteiger partial charge in [-0.3, -0.25) is 4.98 Å². The summed E-state index contributed by atoms with van der Waals surface area (Å²) in [6.07, 6.45) is -4.00. The Morgan fingerprint density at radius 3 is 2.67 bits per heavy atom. The fourth-order valence-electron chi connectivity index (χ4n) is 3.99. The van der Waals surface area contributed by atoms with E-state index in [-0.39, 0.29) is 18.7 Å². The van der Waals surface area contributed by atoms with Crippen molar-refractivity contribution in [1.82, 2.24) is 34.9 Å². The molecule has 3 N–H and O–H groups in total. The number of aryl methyl sites for hydroxylation is 1. The zero-order valence-electron chi connectivity index (χ0n) is 19.2. The molecule has 0 aliphatic carbocycles. The summed E-state index contributed by atoms with van der Waals surface area (Å²) in [6.45, 7) is 2.26. The van der Waals surface area contributed by atoms with Gasteiger partial charge >= 0.3 is 6.18 Å². The van der Waals surface area contributed by atoms with Crippen LogP contribution in [0.4, 0.5) is 13.2 Å². The van der Waals surface area contributed by atoms with E-state index in [1.165, 1.54) is 18.5 Å². The van der Waals surface area contributed by atoms with Gasteiger partial charge in [0, 0.05) is 24.0 Å². The van der Waals surface area contributed by atoms with Crippen molar-refractivity contribution in [2.24, 2.45) is 0 Å². The summed E-state index contributed by atoms with van der Waals surface area (Å²) in [5.41, 5.74) is 4.60. The molecule has 1 atom stereocenters.